The first-order valence-electron chi connectivity index (χ1n) is 5.79. The van der Waals surface area contributed by atoms with E-state index in [0.717, 1.165) is 19.4 Å². The molecule has 0 aliphatic carbocycles. The van der Waals surface area contributed by atoms with E-state index >= 15 is 0 Å². The lowest BCUT2D eigenvalue weighted by atomic mass is 10.2. The van der Waals surface area contributed by atoms with Gasteiger partial charge in [0, 0.05) is 19.2 Å². The Bertz CT molecular complexity index is 158. The Hall–Kier alpha value is -0.160. The number of hydrogen-bond donors (Lipinski definition) is 2. The molecule has 0 aromatic heterocycles. The summed E-state index contributed by atoms with van der Waals surface area (Å²) in [6.45, 7) is 6.55. The molecule has 0 bridgehead atoms. The molecular formula is C11H23NO3. The van der Waals surface area contributed by atoms with Gasteiger partial charge in [0.25, 0.3) is 0 Å². The van der Waals surface area contributed by atoms with Crippen LogP contribution < -0.4 is 5.32 Å². The van der Waals surface area contributed by atoms with Crippen molar-refractivity contribution in [1.29, 1.82) is 0 Å². The van der Waals surface area contributed by atoms with Crippen LogP contribution in [0.15, 0.2) is 0 Å². The van der Waals surface area contributed by atoms with Gasteiger partial charge in [-0.25, -0.2) is 0 Å². The summed E-state index contributed by atoms with van der Waals surface area (Å²) in [5, 5.41) is 12.7. The third-order valence-corrected chi connectivity index (χ3v) is 2.40. The molecule has 90 valence electrons. The van der Waals surface area contributed by atoms with E-state index in [1.807, 2.05) is 0 Å². The Balaban J connectivity index is 1.93. The van der Waals surface area contributed by atoms with E-state index in [2.05, 4.69) is 19.2 Å². The van der Waals surface area contributed by atoms with Crippen molar-refractivity contribution in [3.8, 4) is 0 Å². The number of rotatable bonds is 7. The van der Waals surface area contributed by atoms with E-state index in [9.17, 15) is 5.11 Å². The molecule has 1 saturated heterocycles. The summed E-state index contributed by atoms with van der Waals surface area (Å²) in [5.41, 5.74) is 0. The average molecular weight is 217 g/mol. The van der Waals surface area contributed by atoms with E-state index in [-0.39, 0.29) is 6.10 Å². The van der Waals surface area contributed by atoms with Crippen molar-refractivity contribution >= 4 is 0 Å². The van der Waals surface area contributed by atoms with Crippen LogP contribution in [0.25, 0.3) is 0 Å². The second-order valence-electron chi connectivity index (χ2n) is 4.39. The number of ether oxygens (including phenoxy) is 2. The maximum absolute atomic E-state index is 9.54. The normalized spacial score (nSPS) is 23.6. The molecular weight excluding hydrogens is 194 g/mol. The van der Waals surface area contributed by atoms with Crippen molar-refractivity contribution in [2.45, 2.75) is 44.9 Å². The summed E-state index contributed by atoms with van der Waals surface area (Å²) in [6, 6.07) is 0.401. The summed E-state index contributed by atoms with van der Waals surface area (Å²) in [7, 11) is 0. The van der Waals surface area contributed by atoms with Crippen LogP contribution in [0.2, 0.25) is 0 Å². The molecule has 2 N–H and O–H groups in total. The number of aliphatic hydroxyl groups is 1. The van der Waals surface area contributed by atoms with Gasteiger partial charge in [0.15, 0.2) is 0 Å². The van der Waals surface area contributed by atoms with Gasteiger partial charge in [0.1, 0.15) is 0 Å². The first kappa shape index (κ1) is 12.9. The molecule has 4 nitrogen and oxygen atoms in total. The lowest BCUT2D eigenvalue weighted by molar-refractivity contribution is -0.0167. The number of hydrogen-bond acceptors (Lipinski definition) is 4. The van der Waals surface area contributed by atoms with Crippen LogP contribution >= 0.6 is 0 Å². The van der Waals surface area contributed by atoms with Crippen LogP contribution in [0.1, 0.15) is 26.7 Å². The minimum atomic E-state index is -0.422. The Labute approximate surface area is 92.0 Å². The molecule has 0 aromatic rings. The van der Waals surface area contributed by atoms with Crippen molar-refractivity contribution in [2.75, 3.05) is 26.4 Å². The third kappa shape index (κ3) is 6.10. The van der Waals surface area contributed by atoms with Crippen LogP contribution in [-0.2, 0) is 9.47 Å². The van der Waals surface area contributed by atoms with Crippen molar-refractivity contribution in [3.05, 3.63) is 0 Å². The Morgan fingerprint density at radius 2 is 2.33 bits per heavy atom. The highest BCUT2D eigenvalue weighted by Gasteiger charge is 2.16. The Kier molecular flexibility index (Phi) is 6.17. The molecule has 0 saturated carbocycles. The number of nitrogens with one attached hydrogen (secondary N) is 1. The van der Waals surface area contributed by atoms with E-state index < -0.39 is 6.10 Å². The molecule has 0 spiro atoms. The maximum Gasteiger partial charge on any atom is 0.0897 e. The van der Waals surface area contributed by atoms with Gasteiger partial charge in [-0.2, -0.15) is 0 Å². The van der Waals surface area contributed by atoms with Crippen molar-refractivity contribution in [2.24, 2.45) is 0 Å². The minimum absolute atomic E-state index is 0.246. The number of aliphatic hydroxyl groups excluding tert-OH is 1. The molecule has 15 heavy (non-hydrogen) atoms. The van der Waals surface area contributed by atoms with E-state index in [1.165, 1.54) is 0 Å². The van der Waals surface area contributed by atoms with Gasteiger partial charge in [-0.1, -0.05) is 13.8 Å². The third-order valence-electron chi connectivity index (χ3n) is 2.40. The van der Waals surface area contributed by atoms with E-state index in [0.29, 0.717) is 25.8 Å². The van der Waals surface area contributed by atoms with Gasteiger partial charge >= 0.3 is 0 Å². The molecule has 0 aromatic carbocycles. The fraction of sp³-hybridized carbons (Fsp3) is 1.00. The average Bonchev–Trinajstić information content (AvgIpc) is 2.67. The topological polar surface area (TPSA) is 50.7 Å². The minimum Gasteiger partial charge on any atom is -0.389 e. The second-order valence-corrected chi connectivity index (χ2v) is 4.39. The highest BCUT2D eigenvalue weighted by molar-refractivity contribution is 4.65. The lowest BCUT2D eigenvalue weighted by Gasteiger charge is -2.15. The highest BCUT2D eigenvalue weighted by Crippen LogP contribution is 2.11. The van der Waals surface area contributed by atoms with Gasteiger partial charge in [-0.15, -0.1) is 0 Å². The van der Waals surface area contributed by atoms with E-state index in [4.69, 9.17) is 9.47 Å². The van der Waals surface area contributed by atoms with Crippen molar-refractivity contribution in [1.82, 2.24) is 5.32 Å². The summed E-state index contributed by atoms with van der Waals surface area (Å²) in [4.78, 5) is 0. The molecule has 0 radical (unpaired) electrons. The summed E-state index contributed by atoms with van der Waals surface area (Å²) in [5.74, 6) is 0. The zero-order valence-electron chi connectivity index (χ0n) is 9.74. The van der Waals surface area contributed by atoms with Crippen LogP contribution in [-0.4, -0.2) is 49.7 Å². The molecule has 1 heterocycles. The highest BCUT2D eigenvalue weighted by atomic mass is 16.5. The Morgan fingerprint density at radius 3 is 2.93 bits per heavy atom. The molecule has 1 rings (SSSR count). The van der Waals surface area contributed by atoms with Gasteiger partial charge in [-0.3, -0.25) is 0 Å². The standard InChI is InChI=1S/C11H23NO3/c1-9(2)12-6-10(13)7-14-8-11-4-3-5-15-11/h9-13H,3-8H2,1-2H3. The summed E-state index contributed by atoms with van der Waals surface area (Å²) >= 11 is 0. The molecule has 1 aliphatic heterocycles. The zero-order chi connectivity index (χ0) is 11.1. The summed E-state index contributed by atoms with van der Waals surface area (Å²) < 4.78 is 10.8. The molecule has 1 fully saturated rings. The predicted molar refractivity (Wildman–Crippen MR) is 58.9 cm³/mol. The van der Waals surface area contributed by atoms with Crippen molar-refractivity contribution in [3.63, 3.8) is 0 Å². The van der Waals surface area contributed by atoms with Crippen LogP contribution in [0.4, 0.5) is 0 Å². The van der Waals surface area contributed by atoms with Gasteiger partial charge in [0.2, 0.25) is 0 Å². The summed E-state index contributed by atoms with van der Waals surface area (Å²) in [6.07, 6.45) is 2.04. The molecule has 4 heteroatoms. The van der Waals surface area contributed by atoms with Crippen LogP contribution in [0.3, 0.4) is 0 Å². The van der Waals surface area contributed by atoms with Crippen LogP contribution in [0, 0.1) is 0 Å². The van der Waals surface area contributed by atoms with Crippen LogP contribution in [0.5, 0.6) is 0 Å². The lowest BCUT2D eigenvalue weighted by Crippen LogP contribution is -2.35. The monoisotopic (exact) mass is 217 g/mol. The first-order valence-corrected chi connectivity index (χ1v) is 5.79. The second kappa shape index (κ2) is 7.17. The molecule has 0 amide bonds. The van der Waals surface area contributed by atoms with Gasteiger partial charge < -0.3 is 19.9 Å². The molecule has 2 unspecified atom stereocenters. The molecule has 1 aliphatic rings. The molecule has 2 atom stereocenters. The van der Waals surface area contributed by atoms with Gasteiger partial charge in [-0.05, 0) is 12.8 Å². The largest absolute Gasteiger partial charge is 0.389 e. The fourth-order valence-electron chi connectivity index (χ4n) is 1.54. The SMILES string of the molecule is CC(C)NCC(O)COCC1CCCO1. The quantitative estimate of drug-likeness (QED) is 0.653. The fourth-order valence-corrected chi connectivity index (χ4v) is 1.54. The first-order chi connectivity index (χ1) is 7.18. The zero-order valence-corrected chi connectivity index (χ0v) is 9.74. The smallest absolute Gasteiger partial charge is 0.0897 e. The van der Waals surface area contributed by atoms with E-state index in [1.54, 1.807) is 0 Å². The predicted octanol–water partition coefficient (Wildman–Crippen LogP) is 0.541. The van der Waals surface area contributed by atoms with Crippen molar-refractivity contribution < 1.29 is 14.6 Å². The Morgan fingerprint density at radius 1 is 1.53 bits per heavy atom. The maximum atomic E-state index is 9.54. The van der Waals surface area contributed by atoms with Gasteiger partial charge in [0.05, 0.1) is 25.4 Å².